The van der Waals surface area contributed by atoms with E-state index in [1.807, 2.05) is 18.2 Å². The van der Waals surface area contributed by atoms with Crippen LogP contribution >= 0.6 is 0 Å². The summed E-state index contributed by atoms with van der Waals surface area (Å²) in [4.78, 5) is 0. The second kappa shape index (κ2) is 4.20. The smallest absolute Gasteiger partial charge is 0.398 e. The molecule has 86 valence electrons. The summed E-state index contributed by atoms with van der Waals surface area (Å²) in [6, 6.07) is 9.06. The zero-order valence-corrected chi connectivity index (χ0v) is 8.50. The van der Waals surface area contributed by atoms with Crippen LogP contribution in [-0.4, -0.2) is 12.8 Å². The van der Waals surface area contributed by atoms with Gasteiger partial charge in [-0.25, -0.2) is 0 Å². The Balaban J connectivity index is 1.70. The van der Waals surface area contributed by atoms with E-state index in [-0.39, 0.29) is 0 Å². The summed E-state index contributed by atoms with van der Waals surface area (Å²) >= 11 is 0. The Kier molecular flexibility index (Phi) is 2.90. The van der Waals surface area contributed by atoms with Crippen molar-refractivity contribution in [2.75, 3.05) is 6.61 Å². The van der Waals surface area contributed by atoms with E-state index < -0.39 is 12.1 Å². The van der Waals surface area contributed by atoms with Crippen molar-refractivity contribution in [2.24, 2.45) is 5.92 Å². The molecule has 1 aromatic carbocycles. The number of rotatable bonds is 4. The van der Waals surface area contributed by atoms with Crippen LogP contribution in [0.3, 0.4) is 0 Å². The van der Waals surface area contributed by atoms with Crippen molar-refractivity contribution in [1.29, 1.82) is 0 Å². The monoisotopic (exact) mass is 228 g/mol. The van der Waals surface area contributed by atoms with Gasteiger partial charge in [0.2, 0.25) is 0 Å². The van der Waals surface area contributed by atoms with Gasteiger partial charge in [0.15, 0.2) is 0 Å². The number of allylic oxidation sites excluding steroid dienone is 1. The van der Waals surface area contributed by atoms with Crippen molar-refractivity contribution in [3.8, 4) is 5.75 Å². The number of halogens is 3. The second-order valence-corrected chi connectivity index (χ2v) is 3.67. The highest BCUT2D eigenvalue weighted by atomic mass is 19.4. The molecule has 1 atom stereocenters. The van der Waals surface area contributed by atoms with Crippen molar-refractivity contribution < 1.29 is 17.9 Å². The third-order valence-corrected chi connectivity index (χ3v) is 2.43. The molecule has 1 aliphatic carbocycles. The Morgan fingerprint density at radius 3 is 2.38 bits per heavy atom. The lowest BCUT2D eigenvalue weighted by Crippen LogP contribution is -2.13. The molecule has 0 fully saturated rings. The maximum atomic E-state index is 12.1. The first-order valence-electron chi connectivity index (χ1n) is 5.02. The number of para-hydroxylation sites is 1. The van der Waals surface area contributed by atoms with Crippen LogP contribution in [0.4, 0.5) is 13.2 Å². The summed E-state index contributed by atoms with van der Waals surface area (Å²) in [5, 5.41) is 0. The zero-order valence-electron chi connectivity index (χ0n) is 8.50. The number of hydrogen-bond acceptors (Lipinski definition) is 1. The molecule has 2 rings (SSSR count). The van der Waals surface area contributed by atoms with Crippen LogP contribution in [0.25, 0.3) is 0 Å². The van der Waals surface area contributed by atoms with Crippen LogP contribution in [0.15, 0.2) is 42.0 Å². The predicted octanol–water partition coefficient (Wildman–Crippen LogP) is 3.57. The third kappa shape index (κ3) is 2.78. The minimum absolute atomic E-state index is 0.294. The molecular formula is C12H11F3O. The summed E-state index contributed by atoms with van der Waals surface area (Å²) in [7, 11) is 0. The van der Waals surface area contributed by atoms with Gasteiger partial charge in [-0.05, 0) is 12.1 Å². The van der Waals surface area contributed by atoms with Crippen LogP contribution in [0.2, 0.25) is 0 Å². The van der Waals surface area contributed by atoms with E-state index in [1.54, 1.807) is 12.1 Å². The lowest BCUT2D eigenvalue weighted by Gasteiger charge is -2.07. The molecule has 0 N–H and O–H groups in total. The maximum absolute atomic E-state index is 12.1. The summed E-state index contributed by atoms with van der Waals surface area (Å²) in [6.07, 6.45) is -2.52. The van der Waals surface area contributed by atoms with Crippen molar-refractivity contribution in [3.05, 3.63) is 42.0 Å². The van der Waals surface area contributed by atoms with Crippen molar-refractivity contribution in [3.63, 3.8) is 0 Å². The van der Waals surface area contributed by atoms with E-state index in [9.17, 15) is 13.2 Å². The Hall–Kier alpha value is -1.45. The second-order valence-electron chi connectivity index (χ2n) is 3.67. The Morgan fingerprint density at radius 2 is 1.81 bits per heavy atom. The zero-order chi connectivity index (χ0) is 11.6. The number of alkyl halides is 3. The van der Waals surface area contributed by atoms with Gasteiger partial charge in [0.1, 0.15) is 5.75 Å². The molecule has 0 amide bonds. The molecule has 1 unspecified atom stereocenters. The van der Waals surface area contributed by atoms with Gasteiger partial charge < -0.3 is 4.74 Å². The van der Waals surface area contributed by atoms with Crippen molar-refractivity contribution >= 4 is 0 Å². The highest BCUT2D eigenvalue weighted by molar-refractivity contribution is 5.31. The van der Waals surface area contributed by atoms with E-state index >= 15 is 0 Å². The lowest BCUT2D eigenvalue weighted by atomic mass is 10.2. The molecule has 0 saturated heterocycles. The van der Waals surface area contributed by atoms with Crippen LogP contribution in [-0.2, 0) is 0 Å². The van der Waals surface area contributed by atoms with Gasteiger partial charge in [0.05, 0.1) is 12.5 Å². The molecular weight excluding hydrogens is 217 g/mol. The molecule has 0 aliphatic heterocycles. The summed E-state index contributed by atoms with van der Waals surface area (Å²) in [5.74, 6) is -0.612. The highest BCUT2D eigenvalue weighted by Gasteiger charge is 2.47. The standard InChI is InChI=1S/C12H11F3O/c13-12(14,15)11-8-9(11)6-7-16-10-4-2-1-3-5-10/h1-5,8,11H,6-7H2. The average molecular weight is 228 g/mol. The van der Waals surface area contributed by atoms with Crippen LogP contribution in [0.1, 0.15) is 6.42 Å². The minimum atomic E-state index is -4.11. The van der Waals surface area contributed by atoms with Crippen molar-refractivity contribution in [2.45, 2.75) is 12.6 Å². The molecule has 4 heteroatoms. The van der Waals surface area contributed by atoms with E-state index in [1.165, 1.54) is 6.08 Å². The topological polar surface area (TPSA) is 9.23 Å². The first-order valence-corrected chi connectivity index (χ1v) is 5.02. The lowest BCUT2D eigenvalue weighted by molar-refractivity contribution is -0.142. The van der Waals surface area contributed by atoms with Crippen LogP contribution < -0.4 is 4.74 Å². The normalized spacial score (nSPS) is 19.2. The molecule has 1 aliphatic rings. The van der Waals surface area contributed by atoms with E-state index in [4.69, 9.17) is 4.74 Å². The average Bonchev–Trinajstić information content (AvgIpc) is 2.98. The highest BCUT2D eigenvalue weighted by Crippen LogP contribution is 2.44. The van der Waals surface area contributed by atoms with Crippen LogP contribution in [0, 0.1) is 5.92 Å². The maximum Gasteiger partial charge on any atom is 0.398 e. The summed E-state index contributed by atoms with van der Waals surface area (Å²) in [5.41, 5.74) is 0.434. The van der Waals surface area contributed by atoms with Gasteiger partial charge in [-0.2, -0.15) is 13.2 Å². The number of ether oxygens (including phenoxy) is 1. The SMILES string of the molecule is FC(F)(F)C1C=C1CCOc1ccccc1. The molecule has 0 saturated carbocycles. The summed E-state index contributed by atoms with van der Waals surface area (Å²) in [6.45, 7) is 0.294. The molecule has 0 spiro atoms. The first kappa shape index (κ1) is 11.0. The van der Waals surface area contributed by atoms with Gasteiger partial charge in [-0.1, -0.05) is 29.8 Å². The number of hydrogen-bond donors (Lipinski definition) is 0. The Morgan fingerprint density at radius 1 is 1.12 bits per heavy atom. The third-order valence-electron chi connectivity index (χ3n) is 2.43. The molecule has 0 heterocycles. The van der Waals surface area contributed by atoms with Crippen molar-refractivity contribution in [1.82, 2.24) is 0 Å². The van der Waals surface area contributed by atoms with Gasteiger partial charge in [-0.3, -0.25) is 0 Å². The molecule has 0 radical (unpaired) electrons. The van der Waals surface area contributed by atoms with Gasteiger partial charge >= 0.3 is 6.18 Å². The molecule has 0 bridgehead atoms. The predicted molar refractivity (Wildman–Crippen MR) is 54.2 cm³/mol. The fourth-order valence-corrected chi connectivity index (χ4v) is 1.51. The minimum Gasteiger partial charge on any atom is -0.493 e. The Bertz CT molecular complexity index is 381. The summed E-state index contributed by atoms with van der Waals surface area (Å²) < 4.78 is 41.8. The van der Waals surface area contributed by atoms with Crippen LogP contribution in [0.5, 0.6) is 5.75 Å². The fraction of sp³-hybridized carbons (Fsp3) is 0.333. The molecule has 0 aromatic heterocycles. The quantitative estimate of drug-likeness (QED) is 0.716. The van der Waals surface area contributed by atoms with Gasteiger partial charge in [-0.15, -0.1) is 0 Å². The Labute approximate surface area is 91.5 Å². The van der Waals surface area contributed by atoms with E-state index in [2.05, 4.69) is 0 Å². The van der Waals surface area contributed by atoms with Gasteiger partial charge in [0, 0.05) is 6.42 Å². The fourth-order valence-electron chi connectivity index (χ4n) is 1.51. The number of benzene rings is 1. The molecule has 16 heavy (non-hydrogen) atoms. The molecule has 1 aromatic rings. The first-order chi connectivity index (χ1) is 7.57. The van der Waals surface area contributed by atoms with Gasteiger partial charge in [0.25, 0.3) is 0 Å². The van der Waals surface area contributed by atoms with E-state index in [0.717, 1.165) is 0 Å². The largest absolute Gasteiger partial charge is 0.493 e. The van der Waals surface area contributed by atoms with E-state index in [0.29, 0.717) is 24.4 Å². The molecule has 1 nitrogen and oxygen atoms in total.